The average Bonchev–Trinajstić information content (AvgIpc) is 2.69. The Balaban J connectivity index is 0.000000461. The molecule has 0 atom stereocenters. The third-order valence-electron chi connectivity index (χ3n) is 2.19. The average molecular weight is 197 g/mol. The minimum absolute atomic E-state index is 0.482. The van der Waals surface area contributed by atoms with Crippen molar-refractivity contribution in [3.8, 4) is 0 Å². The molecule has 2 rings (SSSR count). The predicted octanol–water partition coefficient (Wildman–Crippen LogP) is 1.84. The van der Waals surface area contributed by atoms with Crippen LogP contribution in [-0.4, -0.2) is 23.0 Å². The van der Waals surface area contributed by atoms with E-state index in [0.717, 1.165) is 31.7 Å². The van der Waals surface area contributed by atoms with Gasteiger partial charge < -0.3 is 10.5 Å². The van der Waals surface area contributed by atoms with Crippen molar-refractivity contribution in [1.82, 2.24) is 9.78 Å². The third-order valence-corrected chi connectivity index (χ3v) is 2.19. The normalized spacial score (nSPS) is 17.3. The van der Waals surface area contributed by atoms with Crippen molar-refractivity contribution in [1.29, 1.82) is 0 Å². The van der Waals surface area contributed by atoms with Gasteiger partial charge in [-0.15, -0.1) is 0 Å². The number of rotatable bonds is 1. The molecule has 80 valence electrons. The molecule has 0 radical (unpaired) electrons. The van der Waals surface area contributed by atoms with E-state index in [4.69, 9.17) is 10.5 Å². The molecule has 4 nitrogen and oxygen atoms in total. The molecular weight excluding hydrogens is 178 g/mol. The standard InChI is InChI=1S/C8H13N3O.C2H6/c9-7-5-10-11(6-7)8-1-3-12-4-2-8;1-2/h5-6,8H,1-4,9H2;1-2H3. The second kappa shape index (κ2) is 5.65. The van der Waals surface area contributed by atoms with Gasteiger partial charge in [0, 0.05) is 19.4 Å². The summed E-state index contributed by atoms with van der Waals surface area (Å²) < 4.78 is 7.20. The van der Waals surface area contributed by atoms with E-state index >= 15 is 0 Å². The first-order valence-corrected chi connectivity index (χ1v) is 5.23. The summed E-state index contributed by atoms with van der Waals surface area (Å²) in [5.41, 5.74) is 6.31. The molecular formula is C10H19N3O. The van der Waals surface area contributed by atoms with Crippen molar-refractivity contribution in [3.05, 3.63) is 12.4 Å². The highest BCUT2D eigenvalue weighted by Crippen LogP contribution is 2.20. The number of hydrogen-bond acceptors (Lipinski definition) is 3. The van der Waals surface area contributed by atoms with E-state index in [1.807, 2.05) is 24.7 Å². The maximum Gasteiger partial charge on any atom is 0.0719 e. The Kier molecular flexibility index (Phi) is 4.46. The van der Waals surface area contributed by atoms with Gasteiger partial charge in [-0.3, -0.25) is 4.68 Å². The fraction of sp³-hybridized carbons (Fsp3) is 0.700. The van der Waals surface area contributed by atoms with Gasteiger partial charge in [-0.1, -0.05) is 13.8 Å². The van der Waals surface area contributed by atoms with Crippen LogP contribution in [-0.2, 0) is 4.74 Å². The van der Waals surface area contributed by atoms with Crippen LogP contribution in [0.2, 0.25) is 0 Å². The molecule has 1 aliphatic rings. The van der Waals surface area contributed by atoms with Gasteiger partial charge in [0.2, 0.25) is 0 Å². The molecule has 1 saturated heterocycles. The zero-order valence-corrected chi connectivity index (χ0v) is 8.94. The van der Waals surface area contributed by atoms with Crippen molar-refractivity contribution in [2.24, 2.45) is 0 Å². The van der Waals surface area contributed by atoms with Gasteiger partial charge in [0.05, 0.1) is 17.9 Å². The molecule has 0 aromatic carbocycles. The largest absolute Gasteiger partial charge is 0.396 e. The molecule has 2 N–H and O–H groups in total. The van der Waals surface area contributed by atoms with Crippen LogP contribution in [0.15, 0.2) is 12.4 Å². The third kappa shape index (κ3) is 2.73. The highest BCUT2D eigenvalue weighted by Gasteiger charge is 2.15. The van der Waals surface area contributed by atoms with Gasteiger partial charge in [0.1, 0.15) is 0 Å². The first-order valence-electron chi connectivity index (χ1n) is 5.23. The summed E-state index contributed by atoms with van der Waals surface area (Å²) in [5.74, 6) is 0. The van der Waals surface area contributed by atoms with Crippen LogP contribution < -0.4 is 5.73 Å². The zero-order valence-electron chi connectivity index (χ0n) is 8.94. The van der Waals surface area contributed by atoms with Crippen molar-refractivity contribution in [2.45, 2.75) is 32.7 Å². The highest BCUT2D eigenvalue weighted by molar-refractivity contribution is 5.30. The number of anilines is 1. The Morgan fingerprint density at radius 2 is 2.07 bits per heavy atom. The number of nitrogen functional groups attached to an aromatic ring is 1. The summed E-state index contributed by atoms with van der Waals surface area (Å²) in [5, 5.41) is 4.18. The predicted molar refractivity (Wildman–Crippen MR) is 57.1 cm³/mol. The molecule has 4 heteroatoms. The lowest BCUT2D eigenvalue weighted by Gasteiger charge is -2.22. The summed E-state index contributed by atoms with van der Waals surface area (Å²) in [6.07, 6.45) is 5.66. The fourth-order valence-electron chi connectivity index (χ4n) is 1.50. The lowest BCUT2D eigenvalue weighted by molar-refractivity contribution is 0.0662. The Labute approximate surface area is 85.0 Å². The lowest BCUT2D eigenvalue weighted by atomic mass is 10.1. The molecule has 0 saturated carbocycles. The minimum atomic E-state index is 0.482. The summed E-state index contributed by atoms with van der Waals surface area (Å²) in [7, 11) is 0. The van der Waals surface area contributed by atoms with Gasteiger partial charge >= 0.3 is 0 Å². The molecule has 0 amide bonds. The Morgan fingerprint density at radius 3 is 2.57 bits per heavy atom. The van der Waals surface area contributed by atoms with Crippen LogP contribution in [0.25, 0.3) is 0 Å². The molecule has 0 spiro atoms. The maximum absolute atomic E-state index is 5.57. The monoisotopic (exact) mass is 197 g/mol. The van der Waals surface area contributed by atoms with Crippen molar-refractivity contribution < 1.29 is 4.74 Å². The van der Waals surface area contributed by atoms with E-state index < -0.39 is 0 Å². The molecule has 0 bridgehead atoms. The van der Waals surface area contributed by atoms with Crippen LogP contribution in [0.5, 0.6) is 0 Å². The maximum atomic E-state index is 5.57. The van der Waals surface area contributed by atoms with E-state index in [1.54, 1.807) is 6.20 Å². The number of ether oxygens (including phenoxy) is 1. The minimum Gasteiger partial charge on any atom is -0.396 e. The molecule has 1 aromatic heterocycles. The molecule has 1 aliphatic heterocycles. The van der Waals surface area contributed by atoms with E-state index in [0.29, 0.717) is 6.04 Å². The Bertz CT molecular complexity index is 254. The second-order valence-electron chi connectivity index (χ2n) is 3.10. The SMILES string of the molecule is CC.Nc1cnn(C2CCOCC2)c1. The summed E-state index contributed by atoms with van der Waals surface area (Å²) in [4.78, 5) is 0. The molecule has 2 heterocycles. The molecule has 1 aromatic rings. The van der Waals surface area contributed by atoms with E-state index in [9.17, 15) is 0 Å². The van der Waals surface area contributed by atoms with Crippen LogP contribution in [0.4, 0.5) is 5.69 Å². The van der Waals surface area contributed by atoms with E-state index in [-0.39, 0.29) is 0 Å². The molecule has 0 aliphatic carbocycles. The first-order chi connectivity index (χ1) is 6.86. The van der Waals surface area contributed by atoms with Crippen LogP contribution in [0.1, 0.15) is 32.7 Å². The fourth-order valence-corrected chi connectivity index (χ4v) is 1.50. The van der Waals surface area contributed by atoms with Gasteiger partial charge in [0.15, 0.2) is 0 Å². The topological polar surface area (TPSA) is 53.1 Å². The van der Waals surface area contributed by atoms with Gasteiger partial charge in [-0.25, -0.2) is 0 Å². The quantitative estimate of drug-likeness (QED) is 0.747. The van der Waals surface area contributed by atoms with Crippen LogP contribution in [0.3, 0.4) is 0 Å². The summed E-state index contributed by atoms with van der Waals surface area (Å²) in [6.45, 7) is 5.68. The Morgan fingerprint density at radius 1 is 1.43 bits per heavy atom. The molecule has 0 unspecified atom stereocenters. The molecule has 14 heavy (non-hydrogen) atoms. The summed E-state index contributed by atoms with van der Waals surface area (Å²) in [6, 6.07) is 0.482. The van der Waals surface area contributed by atoms with E-state index in [1.165, 1.54) is 0 Å². The van der Waals surface area contributed by atoms with Gasteiger partial charge in [-0.2, -0.15) is 5.10 Å². The number of hydrogen-bond donors (Lipinski definition) is 1. The van der Waals surface area contributed by atoms with Crippen molar-refractivity contribution in [2.75, 3.05) is 18.9 Å². The van der Waals surface area contributed by atoms with Crippen LogP contribution in [0, 0.1) is 0 Å². The van der Waals surface area contributed by atoms with E-state index in [2.05, 4.69) is 5.10 Å². The molecule has 1 fully saturated rings. The first kappa shape index (κ1) is 11.0. The lowest BCUT2D eigenvalue weighted by Crippen LogP contribution is -2.19. The highest BCUT2D eigenvalue weighted by atomic mass is 16.5. The van der Waals surface area contributed by atoms with Crippen molar-refractivity contribution >= 4 is 5.69 Å². The Hall–Kier alpha value is -1.03. The van der Waals surface area contributed by atoms with Gasteiger partial charge in [0.25, 0.3) is 0 Å². The van der Waals surface area contributed by atoms with Crippen LogP contribution >= 0.6 is 0 Å². The number of aromatic nitrogens is 2. The number of nitrogens with two attached hydrogens (primary N) is 1. The smallest absolute Gasteiger partial charge is 0.0719 e. The van der Waals surface area contributed by atoms with Gasteiger partial charge in [-0.05, 0) is 12.8 Å². The van der Waals surface area contributed by atoms with Crippen molar-refractivity contribution in [3.63, 3.8) is 0 Å². The zero-order chi connectivity index (χ0) is 10.4. The second-order valence-corrected chi connectivity index (χ2v) is 3.10. The number of nitrogens with zero attached hydrogens (tertiary/aromatic N) is 2. The summed E-state index contributed by atoms with van der Waals surface area (Å²) >= 11 is 0.